The van der Waals surface area contributed by atoms with Crippen LogP contribution in [0.3, 0.4) is 0 Å². The summed E-state index contributed by atoms with van der Waals surface area (Å²) in [6, 6.07) is 30.1. The van der Waals surface area contributed by atoms with Crippen LogP contribution >= 0.6 is 11.8 Å². The third kappa shape index (κ3) is 7.83. The van der Waals surface area contributed by atoms with Crippen LogP contribution in [0.4, 0.5) is 5.82 Å². The molecule has 0 amide bonds. The maximum Gasteiger partial charge on any atom is 0.139 e. The van der Waals surface area contributed by atoms with Crippen molar-refractivity contribution >= 4 is 28.5 Å². The van der Waals surface area contributed by atoms with Gasteiger partial charge in [-0.15, -0.1) is 11.8 Å². The van der Waals surface area contributed by atoms with Gasteiger partial charge in [0, 0.05) is 42.6 Å². The number of thioether (sulfide) groups is 1. The number of nitrogens with zero attached hydrogens (tertiary/aromatic N) is 3. The van der Waals surface area contributed by atoms with E-state index in [1.54, 1.807) is 0 Å². The highest BCUT2D eigenvalue weighted by molar-refractivity contribution is 7.99. The van der Waals surface area contributed by atoms with Crippen molar-refractivity contribution in [3.05, 3.63) is 96.3 Å². The van der Waals surface area contributed by atoms with Crippen LogP contribution in [0.25, 0.3) is 10.9 Å². The molecule has 39 heavy (non-hydrogen) atoms. The van der Waals surface area contributed by atoms with Crippen molar-refractivity contribution in [1.82, 2.24) is 15.3 Å². The van der Waals surface area contributed by atoms with Crippen LogP contribution in [-0.2, 0) is 6.42 Å². The molecule has 4 aromatic rings. The van der Waals surface area contributed by atoms with Crippen molar-refractivity contribution in [3.8, 4) is 0 Å². The van der Waals surface area contributed by atoms with Crippen molar-refractivity contribution in [3.63, 3.8) is 0 Å². The lowest BCUT2D eigenvalue weighted by molar-refractivity contribution is 0.254. The summed E-state index contributed by atoms with van der Waals surface area (Å²) in [7, 11) is 4.13. The minimum Gasteiger partial charge on any atom is -0.362 e. The quantitative estimate of drug-likeness (QED) is 0.185. The van der Waals surface area contributed by atoms with Crippen LogP contribution < -0.4 is 10.2 Å². The molecule has 204 valence electrons. The molecule has 4 nitrogen and oxygen atoms in total. The molecular formula is C34H42N4S. The fraction of sp³-hybridized carbons (Fsp3) is 0.412. The van der Waals surface area contributed by atoms with E-state index in [4.69, 9.17) is 9.97 Å². The third-order valence-corrected chi connectivity index (χ3v) is 9.26. The molecule has 1 aliphatic carbocycles. The summed E-state index contributed by atoms with van der Waals surface area (Å²) in [4.78, 5) is 13.2. The number of hydrogen-bond acceptors (Lipinski definition) is 5. The average molecular weight is 539 g/mol. The normalized spacial score (nSPS) is 18.2. The van der Waals surface area contributed by atoms with E-state index in [0.717, 1.165) is 53.9 Å². The van der Waals surface area contributed by atoms with E-state index in [1.807, 2.05) is 11.8 Å². The highest BCUT2D eigenvalue weighted by Crippen LogP contribution is 2.35. The van der Waals surface area contributed by atoms with E-state index in [0.29, 0.717) is 5.25 Å². The van der Waals surface area contributed by atoms with Gasteiger partial charge in [0.15, 0.2) is 0 Å². The highest BCUT2D eigenvalue weighted by Gasteiger charge is 2.22. The highest BCUT2D eigenvalue weighted by atomic mass is 32.2. The standard InChI is InChI=1S/C34H42N4S/c1-38(2)34-30-17-9-10-18-31(30)36-33(37-34)19-11-12-26-20-22-27(23-21-26)24-35-25-32(28-13-5-3-6-14-28)39-29-15-7-4-8-16-29/h3-10,13-18,26-27,32,35H,11-12,19-25H2,1-2H3. The van der Waals surface area contributed by atoms with Gasteiger partial charge < -0.3 is 10.2 Å². The zero-order valence-electron chi connectivity index (χ0n) is 23.4. The number of nitrogens with one attached hydrogen (secondary N) is 1. The Morgan fingerprint density at radius 1 is 0.821 bits per heavy atom. The molecule has 0 radical (unpaired) electrons. The average Bonchev–Trinajstić information content (AvgIpc) is 2.98. The molecule has 1 aromatic heterocycles. The summed E-state index contributed by atoms with van der Waals surface area (Å²) < 4.78 is 0. The Bertz CT molecular complexity index is 1290. The minimum absolute atomic E-state index is 0.426. The van der Waals surface area contributed by atoms with Crippen molar-refractivity contribution in [1.29, 1.82) is 0 Å². The summed E-state index contributed by atoms with van der Waals surface area (Å²) >= 11 is 1.96. The number of rotatable bonds is 12. The zero-order chi connectivity index (χ0) is 26.9. The summed E-state index contributed by atoms with van der Waals surface area (Å²) in [5, 5.41) is 5.40. The number of fused-ring (bicyclic) bond motifs is 1. The maximum atomic E-state index is 4.90. The maximum absolute atomic E-state index is 4.90. The molecule has 5 heteroatoms. The van der Waals surface area contributed by atoms with E-state index in [1.165, 1.54) is 49.0 Å². The number of benzene rings is 3. The molecule has 1 aliphatic rings. The monoisotopic (exact) mass is 538 g/mol. The van der Waals surface area contributed by atoms with E-state index >= 15 is 0 Å². The number of aromatic nitrogens is 2. The Morgan fingerprint density at radius 3 is 2.23 bits per heavy atom. The lowest BCUT2D eigenvalue weighted by atomic mass is 9.80. The van der Waals surface area contributed by atoms with Gasteiger partial charge in [-0.05, 0) is 67.5 Å². The fourth-order valence-corrected chi connectivity index (χ4v) is 6.95. The summed E-state index contributed by atoms with van der Waals surface area (Å²) in [6.45, 7) is 2.13. The number of hydrogen-bond donors (Lipinski definition) is 1. The molecule has 5 rings (SSSR count). The van der Waals surface area contributed by atoms with Gasteiger partial charge in [-0.1, -0.05) is 79.9 Å². The Morgan fingerprint density at radius 2 is 1.49 bits per heavy atom. The third-order valence-electron chi connectivity index (χ3n) is 7.99. The molecule has 0 aliphatic heterocycles. The minimum atomic E-state index is 0.426. The predicted molar refractivity (Wildman–Crippen MR) is 167 cm³/mol. The molecule has 1 N–H and O–H groups in total. The van der Waals surface area contributed by atoms with E-state index in [9.17, 15) is 0 Å². The van der Waals surface area contributed by atoms with Crippen LogP contribution in [-0.4, -0.2) is 37.2 Å². The molecule has 3 aromatic carbocycles. The van der Waals surface area contributed by atoms with Gasteiger partial charge in [-0.3, -0.25) is 0 Å². The molecule has 1 heterocycles. The topological polar surface area (TPSA) is 41.1 Å². The van der Waals surface area contributed by atoms with Crippen LogP contribution in [0.2, 0.25) is 0 Å². The van der Waals surface area contributed by atoms with Crippen molar-refractivity contribution < 1.29 is 0 Å². The zero-order valence-corrected chi connectivity index (χ0v) is 24.2. The first-order valence-corrected chi connectivity index (χ1v) is 15.4. The molecular weight excluding hydrogens is 496 g/mol. The molecule has 1 unspecified atom stereocenters. The molecule has 1 atom stereocenters. The second-order valence-electron chi connectivity index (χ2n) is 11.1. The SMILES string of the molecule is CN(C)c1nc(CCCC2CCC(CNCC(Sc3ccccc3)c3ccccc3)CC2)nc2ccccc12. The van der Waals surface area contributed by atoms with Crippen molar-refractivity contribution in [2.75, 3.05) is 32.1 Å². The predicted octanol–water partition coefficient (Wildman–Crippen LogP) is 7.95. The Kier molecular flexibility index (Phi) is 9.90. The summed E-state index contributed by atoms with van der Waals surface area (Å²) in [6.07, 6.45) is 8.83. The number of anilines is 1. The fourth-order valence-electron chi connectivity index (χ4n) is 5.81. The molecule has 0 spiro atoms. The smallest absolute Gasteiger partial charge is 0.139 e. The van der Waals surface area contributed by atoms with E-state index in [2.05, 4.69) is 109 Å². The van der Waals surface area contributed by atoms with Gasteiger partial charge in [0.05, 0.1) is 5.52 Å². The van der Waals surface area contributed by atoms with Gasteiger partial charge in [0.2, 0.25) is 0 Å². The lowest BCUT2D eigenvalue weighted by Crippen LogP contribution is -2.29. The summed E-state index contributed by atoms with van der Waals surface area (Å²) in [5.41, 5.74) is 2.45. The Hall–Kier alpha value is -2.89. The molecule has 0 bridgehead atoms. The van der Waals surface area contributed by atoms with Crippen LogP contribution in [0.1, 0.15) is 55.2 Å². The Balaban J connectivity index is 1.05. The largest absolute Gasteiger partial charge is 0.362 e. The lowest BCUT2D eigenvalue weighted by Gasteiger charge is -2.29. The second kappa shape index (κ2) is 14.0. The number of aryl methyl sites for hydroxylation is 1. The first kappa shape index (κ1) is 27.7. The number of para-hydroxylation sites is 1. The first-order valence-electron chi connectivity index (χ1n) is 14.6. The molecule has 1 saturated carbocycles. The van der Waals surface area contributed by atoms with Crippen LogP contribution in [0.15, 0.2) is 89.8 Å². The van der Waals surface area contributed by atoms with Crippen LogP contribution in [0, 0.1) is 11.8 Å². The van der Waals surface area contributed by atoms with Crippen molar-refractivity contribution in [2.24, 2.45) is 11.8 Å². The van der Waals surface area contributed by atoms with Gasteiger partial charge in [0.25, 0.3) is 0 Å². The van der Waals surface area contributed by atoms with E-state index in [-0.39, 0.29) is 0 Å². The second-order valence-corrected chi connectivity index (χ2v) is 12.4. The van der Waals surface area contributed by atoms with Crippen LogP contribution in [0.5, 0.6) is 0 Å². The van der Waals surface area contributed by atoms with Crippen molar-refractivity contribution in [2.45, 2.75) is 55.1 Å². The first-order chi connectivity index (χ1) is 19.2. The van der Waals surface area contributed by atoms with Gasteiger partial charge >= 0.3 is 0 Å². The summed E-state index contributed by atoms with van der Waals surface area (Å²) in [5.74, 6) is 3.66. The van der Waals surface area contributed by atoms with Gasteiger partial charge in [-0.25, -0.2) is 9.97 Å². The van der Waals surface area contributed by atoms with Gasteiger partial charge in [0.1, 0.15) is 11.6 Å². The Labute approximate surface area is 238 Å². The molecule has 0 saturated heterocycles. The molecule has 1 fully saturated rings. The van der Waals surface area contributed by atoms with Gasteiger partial charge in [-0.2, -0.15) is 0 Å². The van der Waals surface area contributed by atoms with E-state index < -0.39 is 0 Å².